The molecule has 0 amide bonds. The monoisotopic (exact) mass is 246 g/mol. The number of hydrogen-bond acceptors (Lipinski definition) is 3. The van der Waals surface area contributed by atoms with Gasteiger partial charge in [-0.2, -0.15) is 0 Å². The lowest BCUT2D eigenvalue weighted by atomic mass is 10.3. The van der Waals surface area contributed by atoms with Crippen LogP contribution in [0.15, 0.2) is 24.3 Å². The lowest BCUT2D eigenvalue weighted by molar-refractivity contribution is 0.591. The number of nitrogens with zero attached hydrogens (tertiary/aromatic N) is 1. The van der Waals surface area contributed by atoms with Crippen LogP contribution in [-0.4, -0.2) is 27.3 Å². The summed E-state index contributed by atoms with van der Waals surface area (Å²) in [7, 11) is -3.36. The van der Waals surface area contributed by atoms with Crippen molar-refractivity contribution in [2.75, 3.05) is 23.1 Å². The van der Waals surface area contributed by atoms with Crippen molar-refractivity contribution in [3.8, 4) is 0 Å². The third-order valence-electron chi connectivity index (χ3n) is 2.15. The number of anilines is 1. The minimum absolute atomic E-state index is 0.00955. The van der Waals surface area contributed by atoms with E-state index in [9.17, 15) is 12.8 Å². The molecule has 0 bridgehead atoms. The first-order valence-electron chi connectivity index (χ1n) is 4.97. The van der Waals surface area contributed by atoms with Gasteiger partial charge in [0.1, 0.15) is 5.82 Å². The fraction of sp³-hybridized carbons (Fsp3) is 0.400. The zero-order valence-corrected chi connectivity index (χ0v) is 9.87. The maximum atomic E-state index is 12.7. The van der Waals surface area contributed by atoms with Crippen LogP contribution in [-0.2, 0) is 10.0 Å². The highest BCUT2D eigenvalue weighted by atomic mass is 32.2. The van der Waals surface area contributed by atoms with Crippen LogP contribution in [0.1, 0.15) is 6.92 Å². The Bertz CT molecular complexity index is 431. The molecular formula is C10H15FN2O2S. The summed E-state index contributed by atoms with van der Waals surface area (Å²) in [4.78, 5) is 0. The average molecular weight is 246 g/mol. The topological polar surface area (TPSA) is 63.4 Å². The Balaban J connectivity index is 3.08. The van der Waals surface area contributed by atoms with E-state index >= 15 is 0 Å². The van der Waals surface area contributed by atoms with Crippen LogP contribution in [0.4, 0.5) is 10.1 Å². The maximum Gasteiger partial charge on any atom is 0.234 e. The molecule has 0 spiro atoms. The van der Waals surface area contributed by atoms with Gasteiger partial charge in [0.2, 0.25) is 10.0 Å². The Hall–Kier alpha value is -1.14. The summed E-state index contributed by atoms with van der Waals surface area (Å²) in [5, 5.41) is 0. The molecule has 1 aromatic carbocycles. The smallest absolute Gasteiger partial charge is 0.234 e. The summed E-state index contributed by atoms with van der Waals surface area (Å²) in [5.74, 6) is -0.407. The van der Waals surface area contributed by atoms with Crippen LogP contribution in [0.25, 0.3) is 0 Å². The van der Waals surface area contributed by atoms with Crippen LogP contribution < -0.4 is 10.0 Å². The predicted octanol–water partition coefficient (Wildman–Crippen LogP) is 0.940. The molecule has 0 unspecified atom stereocenters. The highest BCUT2D eigenvalue weighted by molar-refractivity contribution is 7.92. The van der Waals surface area contributed by atoms with Gasteiger partial charge >= 0.3 is 0 Å². The van der Waals surface area contributed by atoms with E-state index in [-0.39, 0.29) is 18.8 Å². The number of rotatable bonds is 5. The second-order valence-electron chi connectivity index (χ2n) is 3.24. The van der Waals surface area contributed by atoms with Crippen LogP contribution >= 0.6 is 0 Å². The van der Waals surface area contributed by atoms with Gasteiger partial charge in [-0.1, -0.05) is 0 Å². The molecule has 2 N–H and O–H groups in total. The summed E-state index contributed by atoms with van der Waals surface area (Å²) in [6.07, 6.45) is 0. The SMILES string of the molecule is CCS(=O)(=O)N(CCN)c1ccc(F)cc1. The number of halogens is 1. The van der Waals surface area contributed by atoms with E-state index in [4.69, 9.17) is 5.73 Å². The molecule has 0 saturated carbocycles. The van der Waals surface area contributed by atoms with Crippen molar-refractivity contribution in [2.24, 2.45) is 5.73 Å². The number of sulfonamides is 1. The summed E-state index contributed by atoms with van der Waals surface area (Å²) < 4.78 is 37.4. The zero-order chi connectivity index (χ0) is 12.2. The van der Waals surface area contributed by atoms with E-state index < -0.39 is 15.8 Å². The van der Waals surface area contributed by atoms with Crippen LogP contribution in [0.3, 0.4) is 0 Å². The normalized spacial score (nSPS) is 11.4. The van der Waals surface area contributed by atoms with E-state index in [1.165, 1.54) is 28.6 Å². The third-order valence-corrected chi connectivity index (χ3v) is 3.94. The molecule has 0 aromatic heterocycles. The first kappa shape index (κ1) is 12.9. The summed E-state index contributed by atoms with van der Waals surface area (Å²) in [5.41, 5.74) is 5.81. The Morgan fingerprint density at radius 2 is 1.88 bits per heavy atom. The van der Waals surface area contributed by atoms with E-state index in [0.29, 0.717) is 5.69 Å². The summed E-state index contributed by atoms with van der Waals surface area (Å²) >= 11 is 0. The van der Waals surface area contributed by atoms with Crippen molar-refractivity contribution >= 4 is 15.7 Å². The Labute approximate surface area is 94.9 Å². The highest BCUT2D eigenvalue weighted by Gasteiger charge is 2.19. The number of hydrogen-bond donors (Lipinski definition) is 1. The van der Waals surface area contributed by atoms with Crippen LogP contribution in [0.2, 0.25) is 0 Å². The first-order chi connectivity index (χ1) is 7.51. The van der Waals surface area contributed by atoms with Crippen molar-refractivity contribution in [1.29, 1.82) is 0 Å². The molecule has 1 aromatic rings. The highest BCUT2D eigenvalue weighted by Crippen LogP contribution is 2.18. The second-order valence-corrected chi connectivity index (χ2v) is 5.42. The minimum atomic E-state index is -3.36. The fourth-order valence-corrected chi connectivity index (χ4v) is 2.45. The van der Waals surface area contributed by atoms with E-state index in [0.717, 1.165) is 0 Å². The minimum Gasteiger partial charge on any atom is -0.329 e. The van der Waals surface area contributed by atoms with Gasteiger partial charge in [0.15, 0.2) is 0 Å². The van der Waals surface area contributed by atoms with Crippen LogP contribution in [0, 0.1) is 5.82 Å². The molecule has 0 saturated heterocycles. The molecule has 0 aliphatic rings. The fourth-order valence-electron chi connectivity index (χ4n) is 1.31. The lowest BCUT2D eigenvalue weighted by Crippen LogP contribution is -2.36. The standard InChI is InChI=1S/C10H15FN2O2S/c1-2-16(14,15)13(8-7-12)10-5-3-9(11)4-6-10/h3-6H,2,7-8,12H2,1H3. The van der Waals surface area contributed by atoms with Gasteiger partial charge in [-0.25, -0.2) is 12.8 Å². The van der Waals surface area contributed by atoms with Gasteiger partial charge in [-0.3, -0.25) is 4.31 Å². The molecular weight excluding hydrogens is 231 g/mol. The second kappa shape index (κ2) is 5.27. The van der Waals surface area contributed by atoms with Gasteiger partial charge in [0, 0.05) is 13.1 Å². The predicted molar refractivity (Wildman–Crippen MR) is 62.3 cm³/mol. The Morgan fingerprint density at radius 1 is 1.31 bits per heavy atom. The average Bonchev–Trinajstić information content (AvgIpc) is 2.27. The summed E-state index contributed by atoms with van der Waals surface area (Å²) in [6.45, 7) is 1.97. The van der Waals surface area contributed by atoms with Crippen molar-refractivity contribution in [2.45, 2.75) is 6.92 Å². The van der Waals surface area contributed by atoms with Crippen molar-refractivity contribution < 1.29 is 12.8 Å². The number of benzene rings is 1. The van der Waals surface area contributed by atoms with Crippen molar-refractivity contribution in [1.82, 2.24) is 0 Å². The lowest BCUT2D eigenvalue weighted by Gasteiger charge is -2.23. The largest absolute Gasteiger partial charge is 0.329 e. The molecule has 4 nitrogen and oxygen atoms in total. The van der Waals surface area contributed by atoms with Crippen molar-refractivity contribution in [3.63, 3.8) is 0 Å². The van der Waals surface area contributed by atoms with Gasteiger partial charge in [-0.05, 0) is 31.2 Å². The maximum absolute atomic E-state index is 12.7. The Morgan fingerprint density at radius 3 is 2.31 bits per heavy atom. The molecule has 90 valence electrons. The van der Waals surface area contributed by atoms with Gasteiger partial charge < -0.3 is 5.73 Å². The zero-order valence-electron chi connectivity index (χ0n) is 9.06. The molecule has 0 atom stereocenters. The molecule has 0 heterocycles. The van der Waals surface area contributed by atoms with Gasteiger partial charge in [0.25, 0.3) is 0 Å². The Kier molecular flexibility index (Phi) is 4.26. The molecule has 16 heavy (non-hydrogen) atoms. The molecule has 0 fully saturated rings. The van der Waals surface area contributed by atoms with Crippen LogP contribution in [0.5, 0.6) is 0 Å². The molecule has 0 aliphatic heterocycles. The van der Waals surface area contributed by atoms with E-state index in [2.05, 4.69) is 0 Å². The molecule has 6 heteroatoms. The molecule has 1 rings (SSSR count). The van der Waals surface area contributed by atoms with Gasteiger partial charge in [0.05, 0.1) is 11.4 Å². The van der Waals surface area contributed by atoms with Gasteiger partial charge in [-0.15, -0.1) is 0 Å². The third kappa shape index (κ3) is 2.93. The van der Waals surface area contributed by atoms with E-state index in [1.54, 1.807) is 6.92 Å². The number of nitrogens with two attached hydrogens (primary N) is 1. The van der Waals surface area contributed by atoms with E-state index in [1.807, 2.05) is 0 Å². The molecule has 0 radical (unpaired) electrons. The summed E-state index contributed by atoms with van der Waals surface area (Å²) in [6, 6.07) is 5.31. The quantitative estimate of drug-likeness (QED) is 0.841. The molecule has 0 aliphatic carbocycles. The van der Waals surface area contributed by atoms with Crippen molar-refractivity contribution in [3.05, 3.63) is 30.1 Å². The first-order valence-corrected chi connectivity index (χ1v) is 6.58.